The molecule has 180 valence electrons. The summed E-state index contributed by atoms with van der Waals surface area (Å²) in [6.45, 7) is 3.31. The van der Waals surface area contributed by atoms with E-state index in [9.17, 15) is 9.50 Å². The predicted molar refractivity (Wildman–Crippen MR) is 131 cm³/mol. The SMILES string of the molecule is COCC(C)NC1CCC(Nc2cc(-c3cc(NCC4(O)CC4)ccc3F)c(Cl)cn2)CC1. The van der Waals surface area contributed by atoms with Gasteiger partial charge in [-0.15, -0.1) is 0 Å². The number of rotatable bonds is 10. The van der Waals surface area contributed by atoms with Gasteiger partial charge >= 0.3 is 0 Å². The zero-order valence-corrected chi connectivity index (χ0v) is 20.1. The van der Waals surface area contributed by atoms with Gasteiger partial charge < -0.3 is 25.8 Å². The number of aromatic nitrogens is 1. The average Bonchev–Trinajstić information content (AvgIpc) is 3.53. The number of ether oxygens (including phenoxy) is 1. The van der Waals surface area contributed by atoms with Gasteiger partial charge in [0.1, 0.15) is 11.6 Å². The summed E-state index contributed by atoms with van der Waals surface area (Å²) in [7, 11) is 1.73. The van der Waals surface area contributed by atoms with Crippen molar-refractivity contribution in [2.75, 3.05) is 30.9 Å². The summed E-state index contributed by atoms with van der Waals surface area (Å²) >= 11 is 6.41. The molecule has 1 unspecified atom stereocenters. The second kappa shape index (κ2) is 10.6. The third-order valence-corrected chi connectivity index (χ3v) is 6.88. The van der Waals surface area contributed by atoms with E-state index in [1.807, 2.05) is 6.07 Å². The smallest absolute Gasteiger partial charge is 0.131 e. The number of hydrogen-bond acceptors (Lipinski definition) is 6. The first kappa shape index (κ1) is 24.2. The van der Waals surface area contributed by atoms with Crippen LogP contribution in [0.15, 0.2) is 30.5 Å². The number of nitrogens with one attached hydrogen (secondary N) is 3. The van der Waals surface area contributed by atoms with E-state index in [0.717, 1.165) is 44.2 Å². The fourth-order valence-corrected chi connectivity index (χ4v) is 4.67. The topological polar surface area (TPSA) is 78.4 Å². The maximum atomic E-state index is 14.7. The van der Waals surface area contributed by atoms with Gasteiger partial charge in [-0.1, -0.05) is 11.6 Å². The molecular weight excluding hydrogens is 443 g/mol. The molecule has 2 aliphatic rings. The molecule has 1 heterocycles. The van der Waals surface area contributed by atoms with Crippen LogP contribution in [0.1, 0.15) is 45.4 Å². The highest BCUT2D eigenvalue weighted by molar-refractivity contribution is 6.33. The lowest BCUT2D eigenvalue weighted by atomic mass is 9.90. The Hall–Kier alpha value is -1.93. The Balaban J connectivity index is 1.40. The molecular formula is C25H34ClFN4O2. The first-order valence-corrected chi connectivity index (χ1v) is 12.2. The van der Waals surface area contributed by atoms with Crippen LogP contribution in [-0.4, -0.2) is 54.1 Å². The number of aliphatic hydroxyl groups is 1. The Morgan fingerprint density at radius 2 is 1.91 bits per heavy atom. The molecule has 4 rings (SSSR count). The van der Waals surface area contributed by atoms with E-state index < -0.39 is 5.60 Å². The molecule has 2 aromatic rings. The molecule has 0 bridgehead atoms. The van der Waals surface area contributed by atoms with Crippen LogP contribution in [0.3, 0.4) is 0 Å². The molecule has 1 atom stereocenters. The lowest BCUT2D eigenvalue weighted by Gasteiger charge is -2.32. The second-order valence-corrected chi connectivity index (χ2v) is 9.95. The van der Waals surface area contributed by atoms with Crippen molar-refractivity contribution in [3.05, 3.63) is 41.3 Å². The Morgan fingerprint density at radius 1 is 1.18 bits per heavy atom. The van der Waals surface area contributed by atoms with Crippen molar-refractivity contribution in [1.29, 1.82) is 0 Å². The minimum atomic E-state index is -0.629. The quantitative estimate of drug-likeness (QED) is 0.393. The number of hydrogen-bond donors (Lipinski definition) is 4. The van der Waals surface area contributed by atoms with Crippen LogP contribution in [0, 0.1) is 5.82 Å². The molecule has 1 aromatic carbocycles. The van der Waals surface area contributed by atoms with Crippen molar-refractivity contribution < 1.29 is 14.2 Å². The molecule has 2 aliphatic carbocycles. The molecule has 6 nitrogen and oxygen atoms in total. The summed E-state index contributed by atoms with van der Waals surface area (Å²) in [5.74, 6) is 0.352. The first-order chi connectivity index (χ1) is 15.8. The third-order valence-electron chi connectivity index (χ3n) is 6.58. The van der Waals surface area contributed by atoms with Crippen molar-refractivity contribution in [3.8, 4) is 11.1 Å². The summed E-state index contributed by atoms with van der Waals surface area (Å²) in [6, 6.07) is 7.83. The van der Waals surface area contributed by atoms with Gasteiger partial charge in [0.25, 0.3) is 0 Å². The van der Waals surface area contributed by atoms with Crippen LogP contribution >= 0.6 is 11.6 Å². The van der Waals surface area contributed by atoms with Crippen LogP contribution in [-0.2, 0) is 4.74 Å². The molecule has 1 aromatic heterocycles. The van der Waals surface area contributed by atoms with E-state index in [-0.39, 0.29) is 5.82 Å². The molecule has 2 fully saturated rings. The fourth-order valence-electron chi connectivity index (χ4n) is 4.47. The van der Waals surface area contributed by atoms with Crippen LogP contribution in [0.2, 0.25) is 5.02 Å². The minimum absolute atomic E-state index is 0.319. The molecule has 0 amide bonds. The van der Waals surface area contributed by atoms with Gasteiger partial charge in [0, 0.05) is 54.8 Å². The van der Waals surface area contributed by atoms with E-state index in [1.54, 1.807) is 25.4 Å². The van der Waals surface area contributed by atoms with E-state index in [4.69, 9.17) is 16.3 Å². The standard InChI is InChI=1S/C25H34ClFN4O2/c1-16(14-33-2)30-17-3-5-18(6-4-17)31-24-12-20(22(26)13-28-24)21-11-19(7-8-23(21)27)29-15-25(32)9-10-25/h7-8,11-13,16-18,29-30,32H,3-6,9-10,14-15H2,1-2H3,(H,28,31). The van der Waals surface area contributed by atoms with Gasteiger partial charge in [-0.25, -0.2) is 9.37 Å². The molecule has 2 saturated carbocycles. The Morgan fingerprint density at radius 3 is 2.61 bits per heavy atom. The van der Waals surface area contributed by atoms with Crippen LogP contribution < -0.4 is 16.0 Å². The number of methoxy groups -OCH3 is 1. The highest BCUT2D eigenvalue weighted by Crippen LogP contribution is 2.36. The van der Waals surface area contributed by atoms with Crippen molar-refractivity contribution in [3.63, 3.8) is 0 Å². The van der Waals surface area contributed by atoms with Gasteiger partial charge in [0.2, 0.25) is 0 Å². The number of halogens is 2. The molecule has 0 aliphatic heterocycles. The molecule has 0 radical (unpaired) electrons. The van der Waals surface area contributed by atoms with Crippen LogP contribution in [0.4, 0.5) is 15.9 Å². The predicted octanol–water partition coefficient (Wildman–Crippen LogP) is 4.83. The molecule has 4 N–H and O–H groups in total. The van der Waals surface area contributed by atoms with Crippen molar-refractivity contribution in [1.82, 2.24) is 10.3 Å². The Kier molecular flexibility index (Phi) is 7.74. The molecule has 0 saturated heterocycles. The van der Waals surface area contributed by atoms with Gasteiger partial charge in [-0.2, -0.15) is 0 Å². The highest BCUT2D eigenvalue weighted by atomic mass is 35.5. The van der Waals surface area contributed by atoms with Gasteiger partial charge in [0.05, 0.1) is 17.2 Å². The summed E-state index contributed by atoms with van der Waals surface area (Å²) in [5, 5.41) is 20.8. The maximum Gasteiger partial charge on any atom is 0.131 e. The van der Waals surface area contributed by atoms with Gasteiger partial charge in [-0.3, -0.25) is 0 Å². The number of pyridine rings is 1. The number of anilines is 2. The molecule has 33 heavy (non-hydrogen) atoms. The maximum absolute atomic E-state index is 14.7. The summed E-state index contributed by atoms with van der Waals surface area (Å²) < 4.78 is 19.9. The van der Waals surface area contributed by atoms with E-state index in [2.05, 4.69) is 27.9 Å². The zero-order chi connectivity index (χ0) is 23.4. The van der Waals surface area contributed by atoms with Crippen molar-refractivity contribution in [2.45, 2.75) is 69.2 Å². The lowest BCUT2D eigenvalue weighted by Crippen LogP contribution is -2.42. The van der Waals surface area contributed by atoms with Gasteiger partial charge in [0.15, 0.2) is 0 Å². The summed E-state index contributed by atoms with van der Waals surface area (Å²) in [4.78, 5) is 4.43. The van der Waals surface area contributed by atoms with Crippen LogP contribution in [0.5, 0.6) is 0 Å². The van der Waals surface area contributed by atoms with E-state index in [0.29, 0.717) is 53.2 Å². The minimum Gasteiger partial charge on any atom is -0.388 e. The zero-order valence-electron chi connectivity index (χ0n) is 19.3. The van der Waals surface area contributed by atoms with Crippen molar-refractivity contribution in [2.24, 2.45) is 0 Å². The normalized spacial score (nSPS) is 22.6. The van der Waals surface area contributed by atoms with Crippen LogP contribution in [0.25, 0.3) is 11.1 Å². The Labute approximate surface area is 200 Å². The van der Waals surface area contributed by atoms with Gasteiger partial charge in [-0.05, 0) is 69.7 Å². The highest BCUT2D eigenvalue weighted by Gasteiger charge is 2.39. The van der Waals surface area contributed by atoms with E-state index in [1.165, 1.54) is 6.07 Å². The number of nitrogens with zero attached hydrogens (tertiary/aromatic N) is 1. The summed E-state index contributed by atoms with van der Waals surface area (Å²) in [5.41, 5.74) is 1.14. The monoisotopic (exact) mass is 476 g/mol. The second-order valence-electron chi connectivity index (χ2n) is 9.54. The third kappa shape index (κ3) is 6.57. The largest absolute Gasteiger partial charge is 0.388 e. The molecule has 8 heteroatoms. The fraction of sp³-hybridized carbons (Fsp3) is 0.560. The van der Waals surface area contributed by atoms with E-state index >= 15 is 0 Å². The summed E-state index contributed by atoms with van der Waals surface area (Å²) in [6.07, 6.45) is 7.40. The average molecular weight is 477 g/mol. The number of benzene rings is 1. The first-order valence-electron chi connectivity index (χ1n) is 11.8. The molecule has 0 spiro atoms. The van der Waals surface area contributed by atoms with Crippen molar-refractivity contribution >= 4 is 23.1 Å². The lowest BCUT2D eigenvalue weighted by molar-refractivity contribution is 0.161. The Bertz CT molecular complexity index is 948.